The van der Waals surface area contributed by atoms with Crippen LogP contribution in [-0.4, -0.2) is 9.97 Å². The van der Waals surface area contributed by atoms with Gasteiger partial charge in [0.05, 0.1) is 10.7 Å². The summed E-state index contributed by atoms with van der Waals surface area (Å²) in [5, 5.41) is 0.658. The van der Waals surface area contributed by atoms with E-state index in [1.807, 2.05) is 24.3 Å². The highest BCUT2D eigenvalue weighted by molar-refractivity contribution is 9.10. The van der Waals surface area contributed by atoms with E-state index in [9.17, 15) is 0 Å². The molecule has 0 saturated heterocycles. The van der Waals surface area contributed by atoms with Gasteiger partial charge in [0.2, 0.25) is 11.8 Å². The summed E-state index contributed by atoms with van der Waals surface area (Å²) in [7, 11) is 0. The minimum absolute atomic E-state index is 0.169. The first kappa shape index (κ1) is 12.1. The fourth-order valence-electron chi connectivity index (χ4n) is 1.23. The van der Waals surface area contributed by atoms with Gasteiger partial charge in [-0.15, -0.1) is 0 Å². The predicted octanol–water partition coefficient (Wildman–Crippen LogP) is 3.05. The van der Waals surface area contributed by atoms with Crippen LogP contribution in [0, 0.1) is 0 Å². The second-order valence-corrected chi connectivity index (χ2v) is 4.52. The van der Waals surface area contributed by atoms with Crippen LogP contribution in [0.1, 0.15) is 5.56 Å². The molecule has 6 heteroatoms. The van der Waals surface area contributed by atoms with Crippen molar-refractivity contribution in [3.63, 3.8) is 0 Å². The Morgan fingerprint density at radius 3 is 2.88 bits per heavy atom. The Balaban J connectivity index is 2.12. The number of anilines is 1. The van der Waals surface area contributed by atoms with Crippen molar-refractivity contribution in [1.29, 1.82) is 0 Å². The van der Waals surface area contributed by atoms with Crippen LogP contribution in [0.3, 0.4) is 0 Å². The minimum atomic E-state index is 0.169. The van der Waals surface area contributed by atoms with Crippen LogP contribution in [0.25, 0.3) is 0 Å². The third-order valence-electron chi connectivity index (χ3n) is 2.05. The molecule has 0 amide bonds. The van der Waals surface area contributed by atoms with Gasteiger partial charge in [-0.2, -0.15) is 4.98 Å². The molecule has 17 heavy (non-hydrogen) atoms. The van der Waals surface area contributed by atoms with Crippen LogP contribution in [0.4, 0.5) is 5.95 Å². The zero-order chi connectivity index (χ0) is 12.3. The first-order valence-corrected chi connectivity index (χ1v) is 5.98. The number of rotatable bonds is 3. The monoisotopic (exact) mass is 313 g/mol. The van der Waals surface area contributed by atoms with Gasteiger partial charge in [0, 0.05) is 10.6 Å². The molecule has 0 aliphatic carbocycles. The summed E-state index contributed by atoms with van der Waals surface area (Å²) in [5.74, 6) is 0.569. The summed E-state index contributed by atoms with van der Waals surface area (Å²) in [6.45, 7) is 0.328. The van der Waals surface area contributed by atoms with Crippen LogP contribution in [0.5, 0.6) is 5.88 Å². The smallest absolute Gasteiger partial charge is 0.233 e. The van der Waals surface area contributed by atoms with Crippen molar-refractivity contribution in [2.24, 2.45) is 0 Å². The average Bonchev–Trinajstić information content (AvgIpc) is 2.32. The number of halogens is 2. The van der Waals surface area contributed by atoms with Gasteiger partial charge in [-0.25, -0.2) is 4.98 Å². The number of aromatic nitrogens is 2. The molecule has 0 saturated carbocycles. The molecule has 88 valence electrons. The molecular formula is C11H9BrClN3O. The Kier molecular flexibility index (Phi) is 3.81. The van der Waals surface area contributed by atoms with E-state index in [1.54, 1.807) is 6.20 Å². The molecule has 1 heterocycles. The molecule has 2 aromatic rings. The fourth-order valence-corrected chi connectivity index (χ4v) is 1.72. The zero-order valence-corrected chi connectivity index (χ0v) is 11.1. The summed E-state index contributed by atoms with van der Waals surface area (Å²) in [5.41, 5.74) is 6.36. The lowest BCUT2D eigenvalue weighted by molar-refractivity contribution is 0.292. The van der Waals surface area contributed by atoms with Crippen molar-refractivity contribution in [1.82, 2.24) is 9.97 Å². The Bertz CT molecular complexity index is 536. The minimum Gasteiger partial charge on any atom is -0.472 e. The third-order valence-corrected chi connectivity index (χ3v) is 2.97. The first-order chi connectivity index (χ1) is 8.16. The highest BCUT2D eigenvalue weighted by atomic mass is 79.9. The highest BCUT2D eigenvalue weighted by Gasteiger charge is 2.06. The summed E-state index contributed by atoms with van der Waals surface area (Å²) in [6.07, 6.45) is 1.55. The van der Waals surface area contributed by atoms with E-state index >= 15 is 0 Å². The van der Waals surface area contributed by atoms with E-state index in [0.29, 0.717) is 22.0 Å². The lowest BCUT2D eigenvalue weighted by atomic mass is 10.2. The van der Waals surface area contributed by atoms with Gasteiger partial charge in [0.15, 0.2) is 0 Å². The maximum absolute atomic E-state index is 6.01. The van der Waals surface area contributed by atoms with Gasteiger partial charge < -0.3 is 10.5 Å². The lowest BCUT2D eigenvalue weighted by Crippen LogP contribution is -2.02. The molecule has 0 unspecified atom stereocenters. The quantitative estimate of drug-likeness (QED) is 0.946. The molecular weight excluding hydrogens is 305 g/mol. The maximum Gasteiger partial charge on any atom is 0.233 e. The molecule has 1 aromatic heterocycles. The molecule has 0 spiro atoms. The van der Waals surface area contributed by atoms with Gasteiger partial charge in [0.25, 0.3) is 0 Å². The molecule has 0 atom stereocenters. The van der Waals surface area contributed by atoms with Gasteiger partial charge in [0.1, 0.15) is 6.61 Å². The number of nitrogens with zero attached hydrogens (tertiary/aromatic N) is 2. The van der Waals surface area contributed by atoms with Crippen molar-refractivity contribution >= 4 is 33.5 Å². The lowest BCUT2D eigenvalue weighted by Gasteiger charge is -2.08. The van der Waals surface area contributed by atoms with E-state index in [2.05, 4.69) is 25.9 Å². The Morgan fingerprint density at radius 1 is 1.35 bits per heavy atom. The van der Waals surface area contributed by atoms with Crippen LogP contribution in [0.2, 0.25) is 5.02 Å². The predicted molar refractivity (Wildman–Crippen MR) is 69.9 cm³/mol. The summed E-state index contributed by atoms with van der Waals surface area (Å²) >= 11 is 9.30. The Hall–Kier alpha value is -1.33. The van der Waals surface area contributed by atoms with E-state index in [-0.39, 0.29) is 5.95 Å². The number of hydrogen-bond donors (Lipinski definition) is 1. The standard InChI is InChI=1S/C11H9BrClN3O/c12-8-5-15-11(14)16-10(8)17-6-7-3-1-2-4-9(7)13/h1-5H,6H2,(H2,14,15,16). The second kappa shape index (κ2) is 5.33. The molecule has 0 bridgehead atoms. The third kappa shape index (κ3) is 3.08. The number of hydrogen-bond acceptors (Lipinski definition) is 4. The SMILES string of the molecule is Nc1ncc(Br)c(OCc2ccccc2Cl)n1. The topological polar surface area (TPSA) is 61.0 Å². The van der Waals surface area contributed by atoms with Crippen LogP contribution in [-0.2, 0) is 6.61 Å². The van der Waals surface area contributed by atoms with Crippen molar-refractivity contribution in [3.05, 3.63) is 45.5 Å². The van der Waals surface area contributed by atoms with Crippen molar-refractivity contribution in [2.75, 3.05) is 5.73 Å². The largest absolute Gasteiger partial charge is 0.472 e. The fraction of sp³-hybridized carbons (Fsp3) is 0.0909. The van der Waals surface area contributed by atoms with Gasteiger partial charge in [-0.05, 0) is 22.0 Å². The molecule has 4 nitrogen and oxygen atoms in total. The molecule has 2 rings (SSSR count). The van der Waals surface area contributed by atoms with Crippen molar-refractivity contribution < 1.29 is 4.74 Å². The molecule has 0 aliphatic rings. The van der Waals surface area contributed by atoms with Crippen LogP contribution in [0.15, 0.2) is 34.9 Å². The maximum atomic E-state index is 6.01. The second-order valence-electron chi connectivity index (χ2n) is 3.26. The van der Waals surface area contributed by atoms with E-state index in [4.69, 9.17) is 22.1 Å². The molecule has 0 radical (unpaired) electrons. The zero-order valence-electron chi connectivity index (χ0n) is 8.73. The Morgan fingerprint density at radius 2 is 2.12 bits per heavy atom. The number of ether oxygens (including phenoxy) is 1. The van der Waals surface area contributed by atoms with Gasteiger partial charge >= 0.3 is 0 Å². The molecule has 0 aliphatic heterocycles. The molecule has 1 aromatic carbocycles. The number of nitrogens with two attached hydrogens (primary N) is 1. The van der Waals surface area contributed by atoms with E-state index < -0.39 is 0 Å². The normalized spacial score (nSPS) is 10.2. The van der Waals surface area contributed by atoms with Crippen molar-refractivity contribution in [2.45, 2.75) is 6.61 Å². The van der Waals surface area contributed by atoms with E-state index in [0.717, 1.165) is 5.56 Å². The van der Waals surface area contributed by atoms with Gasteiger partial charge in [-0.3, -0.25) is 0 Å². The molecule has 0 fully saturated rings. The Labute approximate surface area is 112 Å². The first-order valence-electron chi connectivity index (χ1n) is 4.81. The summed E-state index contributed by atoms with van der Waals surface area (Å²) in [6, 6.07) is 7.46. The summed E-state index contributed by atoms with van der Waals surface area (Å²) < 4.78 is 6.17. The highest BCUT2D eigenvalue weighted by Crippen LogP contribution is 2.24. The number of benzene rings is 1. The average molecular weight is 315 g/mol. The van der Waals surface area contributed by atoms with Gasteiger partial charge in [-0.1, -0.05) is 29.8 Å². The van der Waals surface area contributed by atoms with Crippen molar-refractivity contribution in [3.8, 4) is 5.88 Å². The van der Waals surface area contributed by atoms with E-state index in [1.165, 1.54) is 0 Å². The molecule has 2 N–H and O–H groups in total. The van der Waals surface area contributed by atoms with Crippen LogP contribution >= 0.6 is 27.5 Å². The van der Waals surface area contributed by atoms with Crippen LogP contribution < -0.4 is 10.5 Å². The summed E-state index contributed by atoms with van der Waals surface area (Å²) in [4.78, 5) is 7.80. The number of nitrogen functional groups attached to an aromatic ring is 1.